The molecule has 2 N–H and O–H groups in total. The van der Waals surface area contributed by atoms with Gasteiger partial charge in [0, 0.05) is 5.41 Å². The van der Waals surface area contributed by atoms with E-state index in [1.54, 1.807) is 12.1 Å². The zero-order valence-electron chi connectivity index (χ0n) is 29.9. The lowest BCUT2D eigenvalue weighted by Gasteiger charge is -2.39. The normalized spacial score (nSPS) is 19.0. The second kappa shape index (κ2) is 15.3. The molecule has 4 aromatic carbocycles. The molecule has 4 aromatic rings. The van der Waals surface area contributed by atoms with E-state index >= 15 is 0 Å². The Bertz CT molecular complexity index is 1730. The first kappa shape index (κ1) is 34.1. The smallest absolute Gasteiger partial charge is 0.143 e. The number of rotatable bonds is 8. The molecule has 3 aliphatic rings. The molecule has 260 valence electrons. The predicted molar refractivity (Wildman–Crippen MR) is 202 cm³/mol. The summed E-state index contributed by atoms with van der Waals surface area (Å²) in [6, 6.07) is 24.9. The summed E-state index contributed by atoms with van der Waals surface area (Å²) in [6.45, 7) is 4.22. The average Bonchev–Trinajstić information content (AvgIpc) is 3.16. The minimum absolute atomic E-state index is 0.0850. The lowest BCUT2D eigenvalue weighted by atomic mass is 9.65. The van der Waals surface area contributed by atoms with Crippen molar-refractivity contribution < 1.29 is 10.2 Å². The van der Waals surface area contributed by atoms with Crippen molar-refractivity contribution in [2.24, 2.45) is 20.5 Å². The van der Waals surface area contributed by atoms with E-state index in [1.807, 2.05) is 24.3 Å². The van der Waals surface area contributed by atoms with E-state index in [0.717, 1.165) is 35.3 Å². The SMILES string of the molecule is Cc1cc(C2(c3ccc(/N=N/c4cc(C5CCCCC5)ccc4O)c(C)c3)CCCCC2)ccc1/N=N/c1cc(C2CCCCC2)ccc1O. The van der Waals surface area contributed by atoms with Crippen LogP contribution in [0.1, 0.15) is 142 Å². The molecule has 3 fully saturated rings. The van der Waals surface area contributed by atoms with Gasteiger partial charge in [0.25, 0.3) is 0 Å². The van der Waals surface area contributed by atoms with Crippen LogP contribution in [0.3, 0.4) is 0 Å². The third kappa shape index (κ3) is 7.40. The van der Waals surface area contributed by atoms with E-state index in [2.05, 4.69) is 70.7 Å². The molecule has 0 heterocycles. The molecule has 0 atom stereocenters. The van der Waals surface area contributed by atoms with Gasteiger partial charge in [0.2, 0.25) is 0 Å². The molecule has 50 heavy (non-hydrogen) atoms. The van der Waals surface area contributed by atoms with Gasteiger partial charge in [0.05, 0.1) is 11.4 Å². The fourth-order valence-corrected chi connectivity index (χ4v) is 8.87. The van der Waals surface area contributed by atoms with Crippen LogP contribution < -0.4 is 0 Å². The van der Waals surface area contributed by atoms with Crippen LogP contribution in [0, 0.1) is 13.8 Å². The molecule has 6 nitrogen and oxygen atoms in total. The number of azo groups is 2. The van der Waals surface area contributed by atoms with Crippen molar-refractivity contribution in [1.82, 2.24) is 0 Å². The standard InChI is InChI=1S/C44H52N4O2/c1-30-26-36(18-20-38(30)45-47-40-28-34(16-22-42(40)49)32-12-6-3-7-13-32)44(24-10-5-11-25-44)37-19-21-39(31(2)27-37)46-48-41-29-35(17-23-43(41)50)33-14-8-4-9-15-33/h16-23,26-29,32-33,49-50H,3-15,24-25H2,1-2H3/b47-45+,48-46+. The molecule has 0 saturated heterocycles. The largest absolute Gasteiger partial charge is 0.506 e. The second-order valence-electron chi connectivity index (χ2n) is 15.2. The van der Waals surface area contributed by atoms with Crippen molar-refractivity contribution in [3.63, 3.8) is 0 Å². The Hall–Kier alpha value is -4.32. The van der Waals surface area contributed by atoms with E-state index in [-0.39, 0.29) is 16.9 Å². The minimum atomic E-state index is -0.0850. The van der Waals surface area contributed by atoms with Crippen LogP contribution in [0.15, 0.2) is 93.3 Å². The van der Waals surface area contributed by atoms with Crippen molar-refractivity contribution in [2.75, 3.05) is 0 Å². The number of aromatic hydroxyl groups is 2. The van der Waals surface area contributed by atoms with E-state index < -0.39 is 0 Å². The van der Waals surface area contributed by atoms with Gasteiger partial charge in [-0.05, 0) is 134 Å². The summed E-state index contributed by atoms with van der Waals surface area (Å²) < 4.78 is 0. The number of phenols is 2. The average molecular weight is 669 g/mol. The van der Waals surface area contributed by atoms with Gasteiger partial charge in [-0.3, -0.25) is 0 Å². The van der Waals surface area contributed by atoms with Crippen LogP contribution in [0.25, 0.3) is 0 Å². The highest BCUT2D eigenvalue weighted by Gasteiger charge is 2.36. The lowest BCUT2D eigenvalue weighted by Crippen LogP contribution is -2.30. The fourth-order valence-electron chi connectivity index (χ4n) is 8.87. The van der Waals surface area contributed by atoms with Crippen molar-refractivity contribution in [2.45, 2.75) is 127 Å². The highest BCUT2D eigenvalue weighted by Crippen LogP contribution is 2.47. The first-order valence-electron chi connectivity index (χ1n) is 19.1. The maximum atomic E-state index is 10.6. The molecular weight excluding hydrogens is 617 g/mol. The van der Waals surface area contributed by atoms with E-state index in [4.69, 9.17) is 0 Å². The van der Waals surface area contributed by atoms with Crippen LogP contribution in [-0.2, 0) is 5.41 Å². The monoisotopic (exact) mass is 668 g/mol. The summed E-state index contributed by atoms with van der Waals surface area (Å²) in [5, 5.41) is 39.5. The summed E-state index contributed by atoms with van der Waals surface area (Å²) in [4.78, 5) is 0. The van der Waals surface area contributed by atoms with Crippen LogP contribution >= 0.6 is 0 Å². The number of aryl methyl sites for hydroxylation is 2. The van der Waals surface area contributed by atoms with E-state index in [9.17, 15) is 10.2 Å². The summed E-state index contributed by atoms with van der Waals surface area (Å²) in [7, 11) is 0. The van der Waals surface area contributed by atoms with Crippen molar-refractivity contribution >= 4 is 22.7 Å². The molecule has 0 amide bonds. The Morgan fingerprint density at radius 1 is 0.460 bits per heavy atom. The van der Waals surface area contributed by atoms with Gasteiger partial charge in [0.15, 0.2) is 0 Å². The van der Waals surface area contributed by atoms with Crippen molar-refractivity contribution in [3.05, 3.63) is 106 Å². The summed E-state index contributed by atoms with van der Waals surface area (Å²) in [6.07, 6.45) is 18.3. The molecule has 3 aliphatic carbocycles. The number of hydrogen-bond acceptors (Lipinski definition) is 6. The molecule has 0 aromatic heterocycles. The molecule has 3 saturated carbocycles. The molecule has 0 unspecified atom stereocenters. The summed E-state index contributed by atoms with van der Waals surface area (Å²) in [5.74, 6) is 1.44. The van der Waals surface area contributed by atoms with Gasteiger partial charge in [-0.15, -0.1) is 10.2 Å². The molecular formula is C44H52N4O2. The Kier molecular flexibility index (Phi) is 10.4. The third-order valence-corrected chi connectivity index (χ3v) is 11.9. The first-order chi connectivity index (χ1) is 24.4. The molecule has 0 bridgehead atoms. The number of hydrogen-bond donors (Lipinski definition) is 2. The quantitative estimate of drug-likeness (QED) is 0.183. The number of benzene rings is 4. The van der Waals surface area contributed by atoms with Crippen molar-refractivity contribution in [3.8, 4) is 11.5 Å². The third-order valence-electron chi connectivity index (χ3n) is 11.9. The molecule has 0 spiro atoms. The highest BCUT2D eigenvalue weighted by molar-refractivity contribution is 5.58. The van der Waals surface area contributed by atoms with Crippen LogP contribution in [0.5, 0.6) is 11.5 Å². The van der Waals surface area contributed by atoms with Gasteiger partial charge < -0.3 is 10.2 Å². The lowest BCUT2D eigenvalue weighted by molar-refractivity contribution is 0.346. The Labute approximate surface area is 297 Å². The van der Waals surface area contributed by atoms with E-state index in [1.165, 1.54) is 106 Å². The minimum Gasteiger partial charge on any atom is -0.506 e. The summed E-state index contributed by atoms with van der Waals surface area (Å²) in [5.41, 5.74) is 9.95. The van der Waals surface area contributed by atoms with Crippen LogP contribution in [0.4, 0.5) is 22.7 Å². The second-order valence-corrected chi connectivity index (χ2v) is 15.2. The van der Waals surface area contributed by atoms with Crippen LogP contribution in [-0.4, -0.2) is 10.2 Å². The maximum Gasteiger partial charge on any atom is 0.143 e. The van der Waals surface area contributed by atoms with Crippen LogP contribution in [0.2, 0.25) is 0 Å². The number of phenolic OH excluding ortho intramolecular Hbond substituents is 2. The van der Waals surface area contributed by atoms with E-state index in [0.29, 0.717) is 23.2 Å². The Balaban J connectivity index is 1.12. The molecule has 0 radical (unpaired) electrons. The van der Waals surface area contributed by atoms with Gasteiger partial charge in [0.1, 0.15) is 22.9 Å². The predicted octanol–water partition coefficient (Wildman–Crippen LogP) is 13.9. The molecule has 0 aliphatic heterocycles. The van der Waals surface area contributed by atoms with Gasteiger partial charge in [-0.2, -0.15) is 10.2 Å². The summed E-state index contributed by atoms with van der Waals surface area (Å²) >= 11 is 0. The Morgan fingerprint density at radius 2 is 0.860 bits per heavy atom. The van der Waals surface area contributed by atoms with Gasteiger partial charge in [-0.25, -0.2) is 0 Å². The topological polar surface area (TPSA) is 89.9 Å². The zero-order chi connectivity index (χ0) is 34.5. The maximum absolute atomic E-state index is 10.6. The molecule has 7 rings (SSSR count). The van der Waals surface area contributed by atoms with Gasteiger partial charge >= 0.3 is 0 Å². The number of nitrogens with zero attached hydrogens (tertiary/aromatic N) is 4. The Morgan fingerprint density at radius 3 is 1.28 bits per heavy atom. The van der Waals surface area contributed by atoms with Gasteiger partial charge in [-0.1, -0.05) is 94.2 Å². The molecule has 6 heteroatoms. The first-order valence-corrected chi connectivity index (χ1v) is 19.1. The highest BCUT2D eigenvalue weighted by atomic mass is 16.3. The van der Waals surface area contributed by atoms with Crippen molar-refractivity contribution in [1.29, 1.82) is 0 Å². The zero-order valence-corrected chi connectivity index (χ0v) is 29.9. The fraction of sp³-hybridized carbons (Fsp3) is 0.455.